The number of benzene rings is 2. The number of nitrogens with zero attached hydrogens (tertiary/aromatic N) is 3. The normalized spacial score (nSPS) is 18.9. The first-order valence-corrected chi connectivity index (χ1v) is 10.3. The summed E-state index contributed by atoms with van der Waals surface area (Å²) in [5.74, 6) is 0.802. The Morgan fingerprint density at radius 3 is 2.40 bits per heavy atom. The molecule has 1 heterocycles. The third-order valence-corrected chi connectivity index (χ3v) is 6.05. The van der Waals surface area contributed by atoms with Crippen molar-refractivity contribution in [1.29, 1.82) is 0 Å². The van der Waals surface area contributed by atoms with Crippen LogP contribution in [0.2, 0.25) is 0 Å². The fourth-order valence-corrected chi connectivity index (χ4v) is 4.14. The average molecular weight is 407 g/mol. The molecule has 0 atom stereocenters. The van der Waals surface area contributed by atoms with Gasteiger partial charge in [-0.1, -0.05) is 6.92 Å². The van der Waals surface area contributed by atoms with E-state index in [1.807, 2.05) is 7.05 Å². The Labute approximate surface area is 175 Å². The monoisotopic (exact) mass is 407 g/mol. The number of ether oxygens (including phenoxy) is 1. The smallest absolute Gasteiger partial charge is 0.337 e. The minimum absolute atomic E-state index is 0.286. The van der Waals surface area contributed by atoms with Crippen molar-refractivity contribution in [3.8, 4) is 11.3 Å². The van der Waals surface area contributed by atoms with Crippen LogP contribution in [0, 0.1) is 11.7 Å². The second kappa shape index (κ2) is 8.38. The first kappa shape index (κ1) is 20.3. The Kier molecular flexibility index (Phi) is 5.66. The van der Waals surface area contributed by atoms with E-state index < -0.39 is 5.97 Å². The van der Waals surface area contributed by atoms with Crippen LogP contribution in [0.25, 0.3) is 22.3 Å². The molecule has 0 amide bonds. The van der Waals surface area contributed by atoms with E-state index in [0.717, 1.165) is 35.8 Å². The van der Waals surface area contributed by atoms with Gasteiger partial charge in [0.05, 0.1) is 23.7 Å². The molecule has 0 bridgehead atoms. The molecule has 1 aromatic heterocycles. The third kappa shape index (κ3) is 3.99. The van der Waals surface area contributed by atoms with Crippen LogP contribution >= 0.6 is 0 Å². The topological polar surface area (TPSA) is 55.3 Å². The van der Waals surface area contributed by atoms with E-state index in [9.17, 15) is 9.18 Å². The number of hydrogen-bond donors (Lipinski definition) is 0. The molecule has 6 heteroatoms. The summed E-state index contributed by atoms with van der Waals surface area (Å²) < 4.78 is 18.3. The van der Waals surface area contributed by atoms with Gasteiger partial charge in [-0.15, -0.1) is 0 Å². The Bertz CT molecular complexity index is 1060. The molecule has 156 valence electrons. The fraction of sp³-hybridized carbons (Fsp3) is 0.375. The van der Waals surface area contributed by atoms with Crippen molar-refractivity contribution in [3.63, 3.8) is 0 Å². The minimum atomic E-state index is -0.405. The van der Waals surface area contributed by atoms with Crippen molar-refractivity contribution in [1.82, 2.24) is 9.97 Å². The number of halogens is 1. The highest BCUT2D eigenvalue weighted by Gasteiger charge is 2.25. The first-order chi connectivity index (χ1) is 14.5. The lowest BCUT2D eigenvalue weighted by Gasteiger charge is -2.35. The molecule has 1 saturated carbocycles. The summed E-state index contributed by atoms with van der Waals surface area (Å²) in [6.45, 7) is 2.30. The first-order valence-electron chi connectivity index (χ1n) is 10.3. The highest BCUT2D eigenvalue weighted by Crippen LogP contribution is 2.34. The molecular weight excluding hydrogens is 381 g/mol. The van der Waals surface area contributed by atoms with Gasteiger partial charge in [0.2, 0.25) is 0 Å². The average Bonchev–Trinajstić information content (AvgIpc) is 2.78. The SMILES string of the molecule is COC(=O)c1ccc2nc(-c3ccc(F)cc3)c(N(C)C3CCC(C)CC3)nc2c1. The maximum Gasteiger partial charge on any atom is 0.337 e. The van der Waals surface area contributed by atoms with E-state index in [2.05, 4.69) is 11.8 Å². The van der Waals surface area contributed by atoms with Crippen LogP contribution < -0.4 is 4.90 Å². The number of aromatic nitrogens is 2. The van der Waals surface area contributed by atoms with Crippen LogP contribution in [0.4, 0.5) is 10.2 Å². The van der Waals surface area contributed by atoms with E-state index in [1.54, 1.807) is 30.3 Å². The molecule has 2 aromatic carbocycles. The molecular formula is C24H26FN3O2. The van der Waals surface area contributed by atoms with E-state index in [4.69, 9.17) is 14.7 Å². The Hall–Kier alpha value is -3.02. The quantitative estimate of drug-likeness (QED) is 0.554. The molecule has 1 fully saturated rings. The number of methoxy groups -OCH3 is 1. The maximum absolute atomic E-state index is 13.5. The Balaban J connectivity index is 1.83. The van der Waals surface area contributed by atoms with Crippen LogP contribution in [-0.2, 0) is 4.74 Å². The van der Waals surface area contributed by atoms with Crippen molar-refractivity contribution < 1.29 is 13.9 Å². The number of carbonyl (C=O) groups excluding carboxylic acids is 1. The van der Waals surface area contributed by atoms with E-state index in [0.29, 0.717) is 22.6 Å². The van der Waals surface area contributed by atoms with Crippen molar-refractivity contribution in [2.24, 2.45) is 5.92 Å². The summed E-state index contributed by atoms with van der Waals surface area (Å²) in [6, 6.07) is 11.9. The van der Waals surface area contributed by atoms with E-state index in [-0.39, 0.29) is 5.82 Å². The molecule has 0 saturated heterocycles. The van der Waals surface area contributed by atoms with E-state index in [1.165, 1.54) is 32.1 Å². The molecule has 1 aliphatic rings. The van der Waals surface area contributed by atoms with Crippen molar-refractivity contribution >= 4 is 22.8 Å². The van der Waals surface area contributed by atoms with Gasteiger partial charge >= 0.3 is 5.97 Å². The zero-order valence-corrected chi connectivity index (χ0v) is 17.6. The minimum Gasteiger partial charge on any atom is -0.465 e. The van der Waals surface area contributed by atoms with Gasteiger partial charge in [-0.3, -0.25) is 0 Å². The molecule has 0 spiro atoms. The Morgan fingerprint density at radius 2 is 1.73 bits per heavy atom. The molecule has 0 N–H and O–H groups in total. The second-order valence-electron chi connectivity index (χ2n) is 8.12. The predicted molar refractivity (Wildman–Crippen MR) is 116 cm³/mol. The summed E-state index contributed by atoms with van der Waals surface area (Å²) in [7, 11) is 3.41. The molecule has 0 radical (unpaired) electrons. The molecule has 1 aliphatic carbocycles. The van der Waals surface area contributed by atoms with Gasteiger partial charge in [0.15, 0.2) is 5.82 Å². The number of anilines is 1. The highest BCUT2D eigenvalue weighted by molar-refractivity contribution is 5.94. The zero-order valence-electron chi connectivity index (χ0n) is 17.6. The lowest BCUT2D eigenvalue weighted by atomic mass is 9.86. The van der Waals surface area contributed by atoms with Crippen molar-refractivity contribution in [2.45, 2.75) is 38.6 Å². The predicted octanol–water partition coefficient (Wildman–Crippen LogP) is 5.24. The summed E-state index contributed by atoms with van der Waals surface area (Å²) in [5, 5.41) is 0. The number of carbonyl (C=O) groups is 1. The van der Waals surface area contributed by atoms with Crippen molar-refractivity contribution in [3.05, 3.63) is 53.8 Å². The molecule has 0 aliphatic heterocycles. The largest absolute Gasteiger partial charge is 0.465 e. The number of rotatable bonds is 4. The number of fused-ring (bicyclic) bond motifs is 1. The van der Waals surface area contributed by atoms with Gasteiger partial charge in [-0.2, -0.15) is 0 Å². The Morgan fingerprint density at radius 1 is 1.03 bits per heavy atom. The van der Waals surface area contributed by atoms with Crippen LogP contribution in [-0.4, -0.2) is 36.1 Å². The highest BCUT2D eigenvalue weighted by atomic mass is 19.1. The van der Waals surface area contributed by atoms with Gasteiger partial charge in [-0.05, 0) is 74.1 Å². The van der Waals surface area contributed by atoms with Gasteiger partial charge in [0.1, 0.15) is 11.5 Å². The van der Waals surface area contributed by atoms with Gasteiger partial charge in [0, 0.05) is 18.7 Å². The van der Waals surface area contributed by atoms with Crippen LogP contribution in [0.15, 0.2) is 42.5 Å². The van der Waals surface area contributed by atoms with Gasteiger partial charge < -0.3 is 9.64 Å². The zero-order chi connectivity index (χ0) is 21.3. The molecule has 30 heavy (non-hydrogen) atoms. The van der Waals surface area contributed by atoms with Crippen LogP contribution in [0.1, 0.15) is 43.0 Å². The molecule has 0 unspecified atom stereocenters. The molecule has 3 aromatic rings. The summed E-state index contributed by atoms with van der Waals surface area (Å²) in [5.41, 5.74) is 3.28. The summed E-state index contributed by atoms with van der Waals surface area (Å²) in [4.78, 5) is 23.9. The lowest BCUT2D eigenvalue weighted by molar-refractivity contribution is 0.0601. The summed E-state index contributed by atoms with van der Waals surface area (Å²) >= 11 is 0. The van der Waals surface area contributed by atoms with Gasteiger partial charge in [-0.25, -0.2) is 19.2 Å². The van der Waals surface area contributed by atoms with E-state index >= 15 is 0 Å². The standard InChI is InChI=1S/C24H26FN3O2/c1-15-4-11-19(12-5-15)28(2)23-22(16-6-9-18(25)10-7-16)26-20-13-8-17(24(29)30-3)14-21(20)27-23/h6-10,13-15,19H,4-5,11-12H2,1-3H3. The fourth-order valence-electron chi connectivity index (χ4n) is 4.14. The van der Waals surface area contributed by atoms with Crippen molar-refractivity contribution in [2.75, 3.05) is 19.1 Å². The number of esters is 1. The maximum atomic E-state index is 13.5. The third-order valence-electron chi connectivity index (χ3n) is 6.05. The second-order valence-corrected chi connectivity index (χ2v) is 8.12. The van der Waals surface area contributed by atoms with Crippen LogP contribution in [0.3, 0.4) is 0 Å². The lowest BCUT2D eigenvalue weighted by Crippen LogP contribution is -2.35. The number of hydrogen-bond acceptors (Lipinski definition) is 5. The van der Waals surface area contributed by atoms with Gasteiger partial charge in [0.25, 0.3) is 0 Å². The molecule has 4 rings (SSSR count). The van der Waals surface area contributed by atoms with Crippen LogP contribution in [0.5, 0.6) is 0 Å². The summed E-state index contributed by atoms with van der Waals surface area (Å²) in [6.07, 6.45) is 4.58. The molecule has 5 nitrogen and oxygen atoms in total.